The molecular formula is C22H30N2O7S. The van der Waals surface area contributed by atoms with Gasteiger partial charge in [-0.3, -0.25) is 19.7 Å². The van der Waals surface area contributed by atoms with Gasteiger partial charge >= 0.3 is 5.97 Å². The highest BCUT2D eigenvalue weighted by Crippen LogP contribution is 2.64. The van der Waals surface area contributed by atoms with Gasteiger partial charge in [0.2, 0.25) is 10.0 Å². The third-order valence-electron chi connectivity index (χ3n) is 7.14. The van der Waals surface area contributed by atoms with Crippen LogP contribution in [-0.2, 0) is 24.3 Å². The standard InChI is InChI=1S/C22H30N2O7S/c1-14(2)31-20(26)12-17(16-7-5-6-8-18(16)24(27)28)23-32(29,30)13-22-10-9-15(11-19(22)25)21(22,3)4/h5-8,14-15,17,23H,9-13H2,1-4H3. The van der Waals surface area contributed by atoms with Gasteiger partial charge in [-0.25, -0.2) is 13.1 Å². The summed E-state index contributed by atoms with van der Waals surface area (Å²) in [4.78, 5) is 36.1. The first-order chi connectivity index (χ1) is 14.8. The number of hydrogen-bond acceptors (Lipinski definition) is 7. The molecule has 3 rings (SSSR count). The normalized spacial score (nSPS) is 25.2. The molecule has 1 N–H and O–H groups in total. The number of sulfonamides is 1. The number of hydrogen-bond donors (Lipinski definition) is 1. The number of nitrogens with zero attached hydrogens (tertiary/aromatic N) is 1. The lowest BCUT2D eigenvalue weighted by molar-refractivity contribution is -0.385. The average Bonchev–Trinajstić information content (AvgIpc) is 3.00. The zero-order valence-electron chi connectivity index (χ0n) is 18.8. The molecule has 3 unspecified atom stereocenters. The summed E-state index contributed by atoms with van der Waals surface area (Å²) >= 11 is 0. The molecular weight excluding hydrogens is 436 g/mol. The largest absolute Gasteiger partial charge is 0.463 e. The lowest BCUT2D eigenvalue weighted by Crippen LogP contribution is -2.46. The van der Waals surface area contributed by atoms with Crippen molar-refractivity contribution in [3.8, 4) is 0 Å². The number of esters is 1. The van der Waals surface area contributed by atoms with E-state index in [2.05, 4.69) is 4.72 Å². The fourth-order valence-corrected chi connectivity index (χ4v) is 7.39. The van der Waals surface area contributed by atoms with Crippen molar-refractivity contribution in [2.45, 2.75) is 65.5 Å². The number of fused-ring (bicyclic) bond motifs is 2. The van der Waals surface area contributed by atoms with E-state index in [0.717, 1.165) is 6.42 Å². The van der Waals surface area contributed by atoms with Crippen LogP contribution < -0.4 is 4.72 Å². The molecule has 0 radical (unpaired) electrons. The topological polar surface area (TPSA) is 133 Å². The third kappa shape index (κ3) is 4.43. The van der Waals surface area contributed by atoms with Crippen LogP contribution in [0.2, 0.25) is 0 Å². The number of benzene rings is 1. The van der Waals surface area contributed by atoms with Gasteiger partial charge in [-0.1, -0.05) is 32.0 Å². The Morgan fingerprint density at radius 3 is 2.50 bits per heavy atom. The fourth-order valence-electron chi connectivity index (χ4n) is 5.33. The van der Waals surface area contributed by atoms with Crippen LogP contribution in [-0.4, -0.2) is 37.0 Å². The molecule has 3 atom stereocenters. The molecule has 1 aromatic carbocycles. The Balaban J connectivity index is 1.93. The molecule has 0 spiro atoms. The molecule has 2 aliphatic carbocycles. The maximum absolute atomic E-state index is 13.3. The lowest BCUT2D eigenvalue weighted by Gasteiger charge is -2.36. The minimum Gasteiger partial charge on any atom is -0.463 e. The molecule has 0 aliphatic heterocycles. The minimum absolute atomic E-state index is 0.0504. The molecule has 2 saturated carbocycles. The second-order valence-electron chi connectivity index (χ2n) is 9.65. The van der Waals surface area contributed by atoms with Crippen LogP contribution in [0.5, 0.6) is 0 Å². The Kier molecular flexibility index (Phi) is 6.50. The van der Waals surface area contributed by atoms with Crippen molar-refractivity contribution < 1.29 is 27.7 Å². The van der Waals surface area contributed by atoms with Crippen molar-refractivity contribution in [2.75, 3.05) is 5.75 Å². The van der Waals surface area contributed by atoms with Gasteiger partial charge in [-0.05, 0) is 38.0 Å². The van der Waals surface area contributed by atoms with Crippen LogP contribution in [0.1, 0.15) is 65.0 Å². The number of nitro groups is 1. The monoisotopic (exact) mass is 466 g/mol. The zero-order chi connectivity index (χ0) is 23.9. The van der Waals surface area contributed by atoms with Gasteiger partial charge in [0.25, 0.3) is 5.69 Å². The van der Waals surface area contributed by atoms with Gasteiger partial charge in [0, 0.05) is 23.5 Å². The van der Waals surface area contributed by atoms with Gasteiger partial charge < -0.3 is 4.74 Å². The predicted molar refractivity (Wildman–Crippen MR) is 117 cm³/mol. The first-order valence-electron chi connectivity index (χ1n) is 10.7. The van der Waals surface area contributed by atoms with E-state index in [1.807, 2.05) is 13.8 Å². The van der Waals surface area contributed by atoms with E-state index >= 15 is 0 Å². The summed E-state index contributed by atoms with van der Waals surface area (Å²) in [5.74, 6) is -0.983. The fraction of sp³-hybridized carbons (Fsp3) is 0.636. The van der Waals surface area contributed by atoms with E-state index in [9.17, 15) is 28.1 Å². The quantitative estimate of drug-likeness (QED) is 0.335. The van der Waals surface area contributed by atoms with E-state index in [1.165, 1.54) is 18.2 Å². The van der Waals surface area contributed by atoms with E-state index in [4.69, 9.17) is 4.74 Å². The minimum atomic E-state index is -4.08. The Morgan fingerprint density at radius 1 is 1.31 bits per heavy atom. The maximum atomic E-state index is 13.3. The van der Waals surface area contributed by atoms with Crippen LogP contribution in [0.25, 0.3) is 0 Å². The molecule has 0 heterocycles. The van der Waals surface area contributed by atoms with Crippen molar-refractivity contribution in [2.24, 2.45) is 16.7 Å². The van der Waals surface area contributed by atoms with E-state index in [1.54, 1.807) is 19.9 Å². The van der Waals surface area contributed by atoms with Gasteiger partial charge in [0.05, 0.1) is 29.2 Å². The third-order valence-corrected chi connectivity index (χ3v) is 8.66. The number of carbonyl (C=O) groups excluding carboxylic acids is 2. The number of nitrogens with one attached hydrogen (secondary N) is 1. The zero-order valence-corrected chi connectivity index (χ0v) is 19.6. The number of nitro benzene ring substituents is 1. The van der Waals surface area contributed by atoms with Crippen LogP contribution in [0.15, 0.2) is 24.3 Å². The van der Waals surface area contributed by atoms with Crippen LogP contribution in [0.4, 0.5) is 5.69 Å². The Morgan fingerprint density at radius 2 is 1.97 bits per heavy atom. The number of para-hydroxylation sites is 1. The van der Waals surface area contributed by atoms with Crippen LogP contribution in [0.3, 0.4) is 0 Å². The Bertz CT molecular complexity index is 1030. The van der Waals surface area contributed by atoms with E-state index in [0.29, 0.717) is 12.8 Å². The number of Topliss-reactive ketones (excluding diaryl/α,β-unsaturated/α-hetero) is 1. The number of ketones is 1. The number of ether oxygens (including phenoxy) is 1. The van der Waals surface area contributed by atoms with Crippen molar-refractivity contribution in [3.63, 3.8) is 0 Å². The molecule has 2 bridgehead atoms. The van der Waals surface area contributed by atoms with E-state index < -0.39 is 56.1 Å². The molecule has 32 heavy (non-hydrogen) atoms. The molecule has 9 nitrogen and oxygen atoms in total. The highest BCUT2D eigenvalue weighted by molar-refractivity contribution is 7.89. The molecule has 2 fully saturated rings. The highest BCUT2D eigenvalue weighted by atomic mass is 32.2. The van der Waals surface area contributed by atoms with E-state index in [-0.39, 0.29) is 23.0 Å². The molecule has 0 amide bonds. The first kappa shape index (κ1) is 24.3. The SMILES string of the molecule is CC(C)OC(=O)CC(NS(=O)(=O)CC12CCC(CC1=O)C2(C)C)c1ccccc1[N+](=O)[O-]. The second-order valence-corrected chi connectivity index (χ2v) is 11.4. The lowest BCUT2D eigenvalue weighted by atomic mass is 9.70. The molecule has 10 heteroatoms. The average molecular weight is 467 g/mol. The summed E-state index contributed by atoms with van der Waals surface area (Å²) in [6.45, 7) is 7.19. The van der Waals surface area contributed by atoms with Crippen molar-refractivity contribution >= 4 is 27.5 Å². The number of carbonyl (C=O) groups is 2. The van der Waals surface area contributed by atoms with Crippen LogP contribution in [0, 0.1) is 26.9 Å². The summed E-state index contributed by atoms with van der Waals surface area (Å²) < 4.78 is 34.2. The molecule has 0 saturated heterocycles. The van der Waals surface area contributed by atoms with Crippen LogP contribution >= 0.6 is 0 Å². The smallest absolute Gasteiger partial charge is 0.308 e. The Labute approximate surface area is 188 Å². The maximum Gasteiger partial charge on any atom is 0.308 e. The Hall–Kier alpha value is -2.33. The summed E-state index contributed by atoms with van der Waals surface area (Å²) in [6, 6.07) is 4.50. The summed E-state index contributed by atoms with van der Waals surface area (Å²) in [7, 11) is -4.08. The molecule has 1 aromatic rings. The first-order valence-corrected chi connectivity index (χ1v) is 12.4. The van der Waals surface area contributed by atoms with Gasteiger partial charge in [-0.15, -0.1) is 0 Å². The van der Waals surface area contributed by atoms with Crippen molar-refractivity contribution in [1.82, 2.24) is 4.72 Å². The van der Waals surface area contributed by atoms with Gasteiger partial charge in [0.1, 0.15) is 5.78 Å². The van der Waals surface area contributed by atoms with Gasteiger partial charge in [0.15, 0.2) is 0 Å². The predicted octanol–water partition coefficient (Wildman–Crippen LogP) is 3.29. The van der Waals surface area contributed by atoms with Crippen molar-refractivity contribution in [3.05, 3.63) is 39.9 Å². The summed E-state index contributed by atoms with van der Waals surface area (Å²) in [5, 5.41) is 11.5. The van der Waals surface area contributed by atoms with Gasteiger partial charge in [-0.2, -0.15) is 0 Å². The van der Waals surface area contributed by atoms with Crippen molar-refractivity contribution in [1.29, 1.82) is 0 Å². The number of rotatable bonds is 9. The second kappa shape index (κ2) is 8.55. The highest BCUT2D eigenvalue weighted by Gasteiger charge is 2.65. The molecule has 176 valence electrons. The summed E-state index contributed by atoms with van der Waals surface area (Å²) in [5.41, 5.74) is -1.67. The summed E-state index contributed by atoms with van der Waals surface area (Å²) in [6.07, 6.45) is 0.835. The molecule has 2 aliphatic rings. The molecule has 0 aromatic heterocycles.